The lowest BCUT2D eigenvalue weighted by molar-refractivity contribution is 0.0662. The number of nitrogens with zero attached hydrogens (tertiary/aromatic N) is 3. The van der Waals surface area contributed by atoms with Crippen molar-refractivity contribution in [3.63, 3.8) is 0 Å². The predicted molar refractivity (Wildman–Crippen MR) is 82.0 cm³/mol. The summed E-state index contributed by atoms with van der Waals surface area (Å²) in [5.74, 6) is 1.71. The minimum atomic E-state index is 0.155. The summed E-state index contributed by atoms with van der Waals surface area (Å²) in [6.07, 6.45) is 6.12. The van der Waals surface area contributed by atoms with E-state index in [-0.39, 0.29) is 5.91 Å². The lowest BCUT2D eigenvalue weighted by Gasteiger charge is -2.33. The predicted octanol–water partition coefficient (Wildman–Crippen LogP) is 2.74. The van der Waals surface area contributed by atoms with Crippen LogP contribution in [0.1, 0.15) is 29.0 Å². The van der Waals surface area contributed by atoms with E-state index >= 15 is 0 Å². The van der Waals surface area contributed by atoms with Gasteiger partial charge >= 0.3 is 0 Å². The van der Waals surface area contributed by atoms with Crippen LogP contribution in [0.25, 0.3) is 0 Å². The molecule has 0 saturated carbocycles. The molecule has 1 aliphatic heterocycles. The van der Waals surface area contributed by atoms with Crippen molar-refractivity contribution in [2.75, 3.05) is 13.1 Å². The highest BCUT2D eigenvalue weighted by molar-refractivity contribution is 5.94. The Morgan fingerprint density at radius 1 is 1.33 bits per heavy atom. The van der Waals surface area contributed by atoms with Gasteiger partial charge in [-0.25, -0.2) is 4.98 Å². The summed E-state index contributed by atoms with van der Waals surface area (Å²) >= 11 is 0. The highest BCUT2D eigenvalue weighted by Crippen LogP contribution is 2.20. The second kappa shape index (κ2) is 6.12. The molecule has 0 radical (unpaired) electrons. The third-order valence-electron chi connectivity index (χ3n) is 4.21. The van der Waals surface area contributed by atoms with Gasteiger partial charge in [-0.2, -0.15) is 0 Å². The number of imidazole rings is 1. The summed E-state index contributed by atoms with van der Waals surface area (Å²) < 4.78 is 2.18. The molecule has 4 heteroatoms. The van der Waals surface area contributed by atoms with E-state index in [1.165, 1.54) is 6.42 Å². The number of carbonyl (C=O) groups is 1. The third-order valence-corrected chi connectivity index (χ3v) is 4.21. The Kier molecular flexibility index (Phi) is 4.04. The van der Waals surface area contributed by atoms with E-state index in [9.17, 15) is 4.79 Å². The molecule has 1 aromatic heterocycles. The van der Waals surface area contributed by atoms with Crippen molar-refractivity contribution in [3.05, 3.63) is 54.1 Å². The first kappa shape index (κ1) is 13.9. The van der Waals surface area contributed by atoms with Crippen LogP contribution in [-0.4, -0.2) is 33.4 Å². The lowest BCUT2D eigenvalue weighted by atomic mass is 9.97. The number of aromatic nitrogens is 2. The van der Waals surface area contributed by atoms with Crippen LogP contribution in [0.4, 0.5) is 0 Å². The number of aryl methyl sites for hydroxylation is 1. The van der Waals surface area contributed by atoms with E-state index in [1.807, 2.05) is 54.5 Å². The van der Waals surface area contributed by atoms with Crippen molar-refractivity contribution in [3.8, 4) is 0 Å². The number of benzene rings is 1. The van der Waals surface area contributed by atoms with E-state index < -0.39 is 0 Å². The fourth-order valence-corrected chi connectivity index (χ4v) is 3.04. The van der Waals surface area contributed by atoms with Gasteiger partial charge in [-0.05, 0) is 37.8 Å². The maximum absolute atomic E-state index is 12.5. The number of piperidine rings is 1. The van der Waals surface area contributed by atoms with Crippen LogP contribution in [0.2, 0.25) is 0 Å². The van der Waals surface area contributed by atoms with Gasteiger partial charge in [-0.15, -0.1) is 0 Å². The van der Waals surface area contributed by atoms with E-state index in [0.29, 0.717) is 5.92 Å². The number of likely N-dealkylation sites (tertiary alicyclic amines) is 1. The van der Waals surface area contributed by atoms with Gasteiger partial charge in [0.25, 0.3) is 5.91 Å². The molecule has 110 valence electrons. The maximum Gasteiger partial charge on any atom is 0.253 e. The van der Waals surface area contributed by atoms with Gasteiger partial charge in [-0.1, -0.05) is 18.2 Å². The minimum absolute atomic E-state index is 0.155. The molecule has 3 rings (SSSR count). The summed E-state index contributed by atoms with van der Waals surface area (Å²) in [4.78, 5) is 18.8. The zero-order valence-electron chi connectivity index (χ0n) is 12.4. The lowest BCUT2D eigenvalue weighted by Crippen LogP contribution is -2.41. The van der Waals surface area contributed by atoms with Crippen molar-refractivity contribution in [2.45, 2.75) is 26.3 Å². The molecular weight excluding hydrogens is 262 g/mol. The molecule has 1 amide bonds. The fourth-order valence-electron chi connectivity index (χ4n) is 3.04. The second-order valence-corrected chi connectivity index (χ2v) is 5.75. The molecular formula is C17H21N3O. The van der Waals surface area contributed by atoms with E-state index in [0.717, 1.165) is 37.4 Å². The first-order chi connectivity index (χ1) is 10.2. The smallest absolute Gasteiger partial charge is 0.253 e. The molecule has 1 aliphatic rings. The molecule has 0 N–H and O–H groups in total. The topological polar surface area (TPSA) is 38.1 Å². The summed E-state index contributed by atoms with van der Waals surface area (Å²) in [6.45, 7) is 4.68. The summed E-state index contributed by atoms with van der Waals surface area (Å²) in [6, 6.07) is 9.57. The second-order valence-electron chi connectivity index (χ2n) is 5.75. The average molecular weight is 283 g/mol. The standard InChI is InChI=1S/C17H21N3O/c1-14-18-9-11-19(14)12-15-6-5-10-20(13-15)17(21)16-7-3-2-4-8-16/h2-4,7-9,11,15H,5-6,10,12-13H2,1H3. The van der Waals surface area contributed by atoms with Gasteiger partial charge in [0.2, 0.25) is 0 Å². The van der Waals surface area contributed by atoms with Crippen LogP contribution < -0.4 is 0 Å². The highest BCUT2D eigenvalue weighted by Gasteiger charge is 2.24. The summed E-state index contributed by atoms with van der Waals surface area (Å²) in [5, 5.41) is 0. The van der Waals surface area contributed by atoms with Crippen molar-refractivity contribution < 1.29 is 4.79 Å². The zero-order valence-corrected chi connectivity index (χ0v) is 12.4. The summed E-state index contributed by atoms with van der Waals surface area (Å²) in [7, 11) is 0. The van der Waals surface area contributed by atoms with Gasteiger partial charge < -0.3 is 9.47 Å². The van der Waals surface area contributed by atoms with Gasteiger partial charge in [0, 0.05) is 37.6 Å². The van der Waals surface area contributed by atoms with Crippen LogP contribution in [0.5, 0.6) is 0 Å². The monoisotopic (exact) mass is 283 g/mol. The van der Waals surface area contributed by atoms with E-state index in [4.69, 9.17) is 0 Å². The number of amides is 1. The van der Waals surface area contributed by atoms with Crippen LogP contribution in [0.3, 0.4) is 0 Å². The molecule has 4 nitrogen and oxygen atoms in total. The van der Waals surface area contributed by atoms with Crippen LogP contribution in [0.15, 0.2) is 42.7 Å². The number of rotatable bonds is 3. The van der Waals surface area contributed by atoms with Crippen molar-refractivity contribution >= 4 is 5.91 Å². The Balaban J connectivity index is 1.66. The molecule has 1 aromatic carbocycles. The van der Waals surface area contributed by atoms with Crippen molar-refractivity contribution in [2.24, 2.45) is 5.92 Å². The van der Waals surface area contributed by atoms with Gasteiger partial charge in [-0.3, -0.25) is 4.79 Å². The molecule has 1 saturated heterocycles. The van der Waals surface area contributed by atoms with E-state index in [1.54, 1.807) is 0 Å². The van der Waals surface area contributed by atoms with Gasteiger partial charge in [0.1, 0.15) is 5.82 Å². The molecule has 0 spiro atoms. The number of hydrogen-bond donors (Lipinski definition) is 0. The molecule has 2 aromatic rings. The quantitative estimate of drug-likeness (QED) is 0.868. The summed E-state index contributed by atoms with van der Waals surface area (Å²) in [5.41, 5.74) is 0.789. The maximum atomic E-state index is 12.5. The van der Waals surface area contributed by atoms with Gasteiger partial charge in [0.15, 0.2) is 0 Å². The van der Waals surface area contributed by atoms with E-state index in [2.05, 4.69) is 9.55 Å². The molecule has 1 atom stereocenters. The molecule has 1 fully saturated rings. The molecule has 0 bridgehead atoms. The number of hydrogen-bond acceptors (Lipinski definition) is 2. The fraction of sp³-hybridized carbons (Fsp3) is 0.412. The molecule has 1 unspecified atom stereocenters. The Bertz CT molecular complexity index is 606. The normalized spacial score (nSPS) is 18.7. The van der Waals surface area contributed by atoms with Crippen LogP contribution in [-0.2, 0) is 6.54 Å². The van der Waals surface area contributed by atoms with Crippen molar-refractivity contribution in [1.29, 1.82) is 0 Å². The Morgan fingerprint density at radius 2 is 2.14 bits per heavy atom. The average Bonchev–Trinajstić information content (AvgIpc) is 2.93. The zero-order chi connectivity index (χ0) is 14.7. The highest BCUT2D eigenvalue weighted by atomic mass is 16.2. The first-order valence-electron chi connectivity index (χ1n) is 7.56. The van der Waals surface area contributed by atoms with Crippen molar-refractivity contribution in [1.82, 2.24) is 14.5 Å². The third kappa shape index (κ3) is 3.15. The minimum Gasteiger partial charge on any atom is -0.338 e. The largest absolute Gasteiger partial charge is 0.338 e. The molecule has 0 aliphatic carbocycles. The van der Waals surface area contributed by atoms with Crippen LogP contribution >= 0.6 is 0 Å². The van der Waals surface area contributed by atoms with Gasteiger partial charge in [0.05, 0.1) is 0 Å². The SMILES string of the molecule is Cc1nccn1CC1CCCN(C(=O)c2ccccc2)C1. The number of carbonyl (C=O) groups excluding carboxylic acids is 1. The van der Waals surface area contributed by atoms with Crippen LogP contribution in [0, 0.1) is 12.8 Å². The Labute approximate surface area is 125 Å². The Hall–Kier alpha value is -2.10. The first-order valence-corrected chi connectivity index (χ1v) is 7.56. The molecule has 21 heavy (non-hydrogen) atoms. The molecule has 2 heterocycles. The Morgan fingerprint density at radius 3 is 2.86 bits per heavy atom.